The Hall–Kier alpha value is -0.130. The van der Waals surface area contributed by atoms with E-state index in [9.17, 15) is 8.42 Å². The van der Waals surface area contributed by atoms with Crippen LogP contribution in [0.1, 0.15) is 26.2 Å². The Morgan fingerprint density at radius 2 is 2.13 bits per heavy atom. The van der Waals surface area contributed by atoms with Gasteiger partial charge in [-0.2, -0.15) is 0 Å². The third-order valence-corrected chi connectivity index (χ3v) is 5.17. The summed E-state index contributed by atoms with van der Waals surface area (Å²) in [5, 5.41) is 3.06. The Morgan fingerprint density at radius 1 is 1.40 bits per heavy atom. The minimum absolute atomic E-state index is 0.149. The molecule has 0 amide bonds. The van der Waals surface area contributed by atoms with Crippen LogP contribution < -0.4 is 5.32 Å². The molecule has 0 aliphatic heterocycles. The molecular weight excluding hydrogens is 214 g/mol. The van der Waals surface area contributed by atoms with Crippen LogP contribution in [0, 0.1) is 0 Å². The lowest BCUT2D eigenvalue weighted by atomic mass is 10.2. The number of ether oxygens (including phenoxy) is 1. The smallest absolute Gasteiger partial charge is 0.156 e. The van der Waals surface area contributed by atoms with Crippen LogP contribution in [-0.2, 0) is 14.6 Å². The zero-order chi connectivity index (χ0) is 11.3. The molecule has 1 saturated carbocycles. The van der Waals surface area contributed by atoms with E-state index >= 15 is 0 Å². The second-order valence-electron chi connectivity index (χ2n) is 3.99. The van der Waals surface area contributed by atoms with Crippen molar-refractivity contribution in [3.8, 4) is 0 Å². The van der Waals surface area contributed by atoms with E-state index in [2.05, 4.69) is 5.32 Å². The molecule has 5 heteroatoms. The number of rotatable bonds is 6. The maximum atomic E-state index is 12.0. The van der Waals surface area contributed by atoms with Gasteiger partial charge in [0.15, 0.2) is 9.84 Å². The van der Waals surface area contributed by atoms with Gasteiger partial charge >= 0.3 is 0 Å². The van der Waals surface area contributed by atoms with Crippen LogP contribution in [0.4, 0.5) is 0 Å². The SMILES string of the molecule is CCNC1CCCC1S(=O)(=O)CCOC. The molecule has 0 bridgehead atoms. The van der Waals surface area contributed by atoms with E-state index in [-0.39, 0.29) is 17.0 Å². The summed E-state index contributed by atoms with van der Waals surface area (Å²) in [6.45, 7) is 3.15. The topological polar surface area (TPSA) is 55.4 Å². The molecule has 0 aromatic carbocycles. The summed E-state index contributed by atoms with van der Waals surface area (Å²) in [5.74, 6) is 0.149. The Bertz CT molecular complexity index is 276. The maximum Gasteiger partial charge on any atom is 0.156 e. The third-order valence-electron chi connectivity index (χ3n) is 2.95. The second-order valence-corrected chi connectivity index (χ2v) is 6.33. The van der Waals surface area contributed by atoms with E-state index < -0.39 is 9.84 Å². The highest BCUT2D eigenvalue weighted by Gasteiger charge is 2.36. The van der Waals surface area contributed by atoms with Gasteiger partial charge in [-0.3, -0.25) is 0 Å². The highest BCUT2D eigenvalue weighted by Crippen LogP contribution is 2.25. The summed E-state index contributed by atoms with van der Waals surface area (Å²) in [4.78, 5) is 0. The molecule has 90 valence electrons. The van der Waals surface area contributed by atoms with Gasteiger partial charge in [0.1, 0.15) is 0 Å². The highest BCUT2D eigenvalue weighted by atomic mass is 32.2. The van der Waals surface area contributed by atoms with Crippen molar-refractivity contribution in [2.75, 3.05) is 26.0 Å². The van der Waals surface area contributed by atoms with Gasteiger partial charge < -0.3 is 10.1 Å². The predicted octanol–water partition coefficient (Wildman–Crippen LogP) is 0.578. The van der Waals surface area contributed by atoms with Gasteiger partial charge in [0.05, 0.1) is 17.6 Å². The van der Waals surface area contributed by atoms with E-state index in [1.54, 1.807) is 0 Å². The molecule has 0 heterocycles. The monoisotopic (exact) mass is 235 g/mol. The van der Waals surface area contributed by atoms with Gasteiger partial charge in [0, 0.05) is 13.2 Å². The summed E-state index contributed by atoms with van der Waals surface area (Å²) >= 11 is 0. The molecular formula is C10H21NO3S. The Morgan fingerprint density at radius 3 is 2.73 bits per heavy atom. The first-order chi connectivity index (χ1) is 7.11. The summed E-state index contributed by atoms with van der Waals surface area (Å²) in [5.41, 5.74) is 0. The molecule has 0 aromatic rings. The molecule has 0 saturated heterocycles. The maximum absolute atomic E-state index is 12.0. The molecule has 2 unspecified atom stereocenters. The molecule has 1 aliphatic rings. The summed E-state index contributed by atoms with van der Waals surface area (Å²) < 4.78 is 28.7. The normalized spacial score (nSPS) is 27.1. The van der Waals surface area contributed by atoms with Crippen molar-refractivity contribution in [3.63, 3.8) is 0 Å². The average Bonchev–Trinajstić information content (AvgIpc) is 2.64. The zero-order valence-corrected chi connectivity index (χ0v) is 10.3. The number of hydrogen-bond acceptors (Lipinski definition) is 4. The van der Waals surface area contributed by atoms with Gasteiger partial charge in [0.2, 0.25) is 0 Å². The van der Waals surface area contributed by atoms with Crippen molar-refractivity contribution >= 4 is 9.84 Å². The molecule has 15 heavy (non-hydrogen) atoms. The zero-order valence-electron chi connectivity index (χ0n) is 9.53. The fraction of sp³-hybridized carbons (Fsp3) is 1.00. The van der Waals surface area contributed by atoms with E-state index in [0.29, 0.717) is 6.61 Å². The van der Waals surface area contributed by atoms with Crippen LogP contribution in [0.15, 0.2) is 0 Å². The van der Waals surface area contributed by atoms with Crippen LogP contribution in [0.5, 0.6) is 0 Å². The molecule has 0 aromatic heterocycles. The van der Waals surface area contributed by atoms with E-state index in [1.165, 1.54) is 7.11 Å². The summed E-state index contributed by atoms with van der Waals surface area (Å²) in [7, 11) is -1.45. The third kappa shape index (κ3) is 3.43. The van der Waals surface area contributed by atoms with Crippen LogP contribution in [0.3, 0.4) is 0 Å². The molecule has 0 radical (unpaired) electrons. The van der Waals surface area contributed by atoms with E-state index in [1.807, 2.05) is 6.92 Å². The lowest BCUT2D eigenvalue weighted by Crippen LogP contribution is -2.41. The number of hydrogen-bond donors (Lipinski definition) is 1. The lowest BCUT2D eigenvalue weighted by molar-refractivity contribution is 0.217. The van der Waals surface area contributed by atoms with Gasteiger partial charge in [-0.05, 0) is 19.4 Å². The van der Waals surface area contributed by atoms with Crippen LogP contribution in [0.25, 0.3) is 0 Å². The van der Waals surface area contributed by atoms with Crippen molar-refractivity contribution in [1.29, 1.82) is 0 Å². The van der Waals surface area contributed by atoms with Crippen molar-refractivity contribution in [1.82, 2.24) is 5.32 Å². The fourth-order valence-electron chi connectivity index (χ4n) is 2.20. The van der Waals surface area contributed by atoms with Gasteiger partial charge in [-0.25, -0.2) is 8.42 Å². The minimum Gasteiger partial charge on any atom is -0.384 e. The Kier molecular flexibility index (Phi) is 5.02. The van der Waals surface area contributed by atoms with Crippen molar-refractivity contribution in [2.45, 2.75) is 37.5 Å². The van der Waals surface area contributed by atoms with E-state index in [0.717, 1.165) is 25.8 Å². The highest BCUT2D eigenvalue weighted by molar-refractivity contribution is 7.92. The minimum atomic E-state index is -2.98. The molecule has 1 aliphatic carbocycles. The first-order valence-electron chi connectivity index (χ1n) is 5.55. The van der Waals surface area contributed by atoms with E-state index in [4.69, 9.17) is 4.74 Å². The van der Waals surface area contributed by atoms with Gasteiger partial charge in [0.25, 0.3) is 0 Å². The fourth-order valence-corrected chi connectivity index (χ4v) is 4.16. The summed E-state index contributed by atoms with van der Waals surface area (Å²) in [6, 6.07) is 0.150. The van der Waals surface area contributed by atoms with Crippen LogP contribution >= 0.6 is 0 Å². The predicted molar refractivity (Wildman–Crippen MR) is 60.8 cm³/mol. The number of nitrogens with one attached hydrogen (secondary N) is 1. The first-order valence-corrected chi connectivity index (χ1v) is 7.27. The molecule has 1 N–H and O–H groups in total. The van der Waals surface area contributed by atoms with Crippen LogP contribution in [-0.4, -0.2) is 45.7 Å². The van der Waals surface area contributed by atoms with Gasteiger partial charge in [-0.1, -0.05) is 13.3 Å². The summed E-state index contributed by atoms with van der Waals surface area (Å²) in [6.07, 6.45) is 2.78. The van der Waals surface area contributed by atoms with Crippen molar-refractivity contribution in [3.05, 3.63) is 0 Å². The molecule has 2 atom stereocenters. The second kappa shape index (κ2) is 5.82. The number of sulfone groups is 1. The largest absolute Gasteiger partial charge is 0.384 e. The number of methoxy groups -OCH3 is 1. The quantitative estimate of drug-likeness (QED) is 0.731. The molecule has 4 nitrogen and oxygen atoms in total. The van der Waals surface area contributed by atoms with Crippen LogP contribution in [0.2, 0.25) is 0 Å². The first kappa shape index (κ1) is 12.9. The Balaban J connectivity index is 2.60. The van der Waals surface area contributed by atoms with Crippen molar-refractivity contribution in [2.24, 2.45) is 0 Å². The average molecular weight is 235 g/mol. The van der Waals surface area contributed by atoms with Crippen molar-refractivity contribution < 1.29 is 13.2 Å². The lowest BCUT2D eigenvalue weighted by Gasteiger charge is -2.20. The van der Waals surface area contributed by atoms with Gasteiger partial charge in [-0.15, -0.1) is 0 Å². The Labute approximate surface area is 92.3 Å². The molecule has 1 rings (SSSR count). The molecule has 1 fully saturated rings. The standard InChI is InChI=1S/C10H21NO3S/c1-3-11-9-5-4-6-10(9)15(12,13)8-7-14-2/h9-11H,3-8H2,1-2H3. The molecule has 0 spiro atoms.